The maximum Gasteiger partial charge on any atom is 0.0609 e. The lowest BCUT2D eigenvalue weighted by atomic mass is 9.89. The second-order valence-electron chi connectivity index (χ2n) is 3.99. The molecule has 0 aromatic carbocycles. The Morgan fingerprint density at radius 1 is 1.50 bits per heavy atom. The first-order valence-electron chi connectivity index (χ1n) is 5.26. The van der Waals surface area contributed by atoms with Crippen LogP contribution in [0.3, 0.4) is 0 Å². The van der Waals surface area contributed by atoms with Crippen molar-refractivity contribution in [3.05, 3.63) is 22.4 Å². The summed E-state index contributed by atoms with van der Waals surface area (Å²) in [6.45, 7) is 2.12. The fourth-order valence-corrected chi connectivity index (χ4v) is 2.73. The van der Waals surface area contributed by atoms with Crippen molar-refractivity contribution in [3.63, 3.8) is 0 Å². The molecule has 1 aromatic heterocycles. The van der Waals surface area contributed by atoms with Crippen LogP contribution in [0.5, 0.6) is 0 Å². The highest BCUT2D eigenvalue weighted by Gasteiger charge is 2.21. The highest BCUT2D eigenvalue weighted by molar-refractivity contribution is 7.07. The average molecular weight is 211 g/mol. The van der Waals surface area contributed by atoms with Crippen molar-refractivity contribution in [3.8, 4) is 0 Å². The van der Waals surface area contributed by atoms with Crippen LogP contribution in [0.4, 0.5) is 0 Å². The minimum atomic E-state index is -0.147. The molecule has 0 bridgehead atoms. The van der Waals surface area contributed by atoms with Gasteiger partial charge in [-0.1, -0.05) is 0 Å². The lowest BCUT2D eigenvalue weighted by Crippen LogP contribution is -2.34. The first-order valence-corrected chi connectivity index (χ1v) is 6.20. The quantitative estimate of drug-likeness (QED) is 0.797. The number of thiophene rings is 1. The molecule has 2 heterocycles. The fraction of sp³-hybridized carbons (Fsp3) is 0.636. The first-order chi connectivity index (χ1) is 6.86. The van der Waals surface area contributed by atoms with Gasteiger partial charge in [0.2, 0.25) is 0 Å². The van der Waals surface area contributed by atoms with E-state index in [0.29, 0.717) is 5.92 Å². The monoisotopic (exact) mass is 211 g/mol. The van der Waals surface area contributed by atoms with Crippen LogP contribution in [0.15, 0.2) is 16.8 Å². The molecule has 1 fully saturated rings. The molecule has 78 valence electrons. The highest BCUT2D eigenvalue weighted by Crippen LogP contribution is 2.20. The maximum absolute atomic E-state index is 10.0. The molecule has 2 nitrogen and oxygen atoms in total. The number of piperidine rings is 1. The van der Waals surface area contributed by atoms with Crippen LogP contribution in [0.1, 0.15) is 18.4 Å². The Kier molecular flexibility index (Phi) is 3.56. The summed E-state index contributed by atoms with van der Waals surface area (Å²) in [6, 6.07) is 2.11. The van der Waals surface area contributed by atoms with Gasteiger partial charge < -0.3 is 10.4 Å². The Bertz CT molecular complexity index is 254. The first kappa shape index (κ1) is 10.1. The molecule has 1 saturated heterocycles. The van der Waals surface area contributed by atoms with E-state index in [1.54, 1.807) is 11.3 Å². The van der Waals surface area contributed by atoms with Gasteiger partial charge in [0.05, 0.1) is 6.10 Å². The molecule has 2 N–H and O–H groups in total. The average Bonchev–Trinajstić information content (AvgIpc) is 2.72. The van der Waals surface area contributed by atoms with E-state index in [0.717, 1.165) is 32.4 Å². The third kappa shape index (κ3) is 2.56. The molecular weight excluding hydrogens is 194 g/mol. The molecule has 1 aromatic rings. The van der Waals surface area contributed by atoms with E-state index < -0.39 is 0 Å². The summed E-state index contributed by atoms with van der Waals surface area (Å²) in [4.78, 5) is 0. The predicted molar refractivity (Wildman–Crippen MR) is 59.6 cm³/mol. The number of aliphatic hydroxyl groups excluding tert-OH is 1. The lowest BCUT2D eigenvalue weighted by molar-refractivity contribution is 0.0891. The van der Waals surface area contributed by atoms with E-state index in [1.807, 2.05) is 0 Å². The zero-order chi connectivity index (χ0) is 9.80. The minimum Gasteiger partial charge on any atom is -0.392 e. The second kappa shape index (κ2) is 4.91. The van der Waals surface area contributed by atoms with Gasteiger partial charge in [0, 0.05) is 0 Å². The normalized spacial score (nSPS) is 20.9. The van der Waals surface area contributed by atoms with Crippen LogP contribution in [0.2, 0.25) is 0 Å². The molecule has 1 aliphatic rings. The predicted octanol–water partition coefficient (Wildman–Crippen LogP) is 1.65. The molecule has 0 radical (unpaired) electrons. The van der Waals surface area contributed by atoms with Crippen molar-refractivity contribution in [2.75, 3.05) is 13.1 Å². The van der Waals surface area contributed by atoms with Gasteiger partial charge in [-0.2, -0.15) is 11.3 Å². The van der Waals surface area contributed by atoms with Crippen LogP contribution in [-0.4, -0.2) is 24.3 Å². The molecule has 1 unspecified atom stereocenters. The molecule has 0 saturated carbocycles. The zero-order valence-electron chi connectivity index (χ0n) is 8.28. The van der Waals surface area contributed by atoms with E-state index in [1.165, 1.54) is 5.56 Å². The van der Waals surface area contributed by atoms with Gasteiger partial charge in [-0.05, 0) is 60.7 Å². The molecule has 1 atom stereocenters. The molecule has 3 heteroatoms. The maximum atomic E-state index is 10.0. The van der Waals surface area contributed by atoms with Crippen molar-refractivity contribution in [1.29, 1.82) is 0 Å². The summed E-state index contributed by atoms with van der Waals surface area (Å²) in [7, 11) is 0. The van der Waals surface area contributed by atoms with Gasteiger partial charge in [-0.15, -0.1) is 0 Å². The van der Waals surface area contributed by atoms with E-state index >= 15 is 0 Å². The van der Waals surface area contributed by atoms with E-state index in [4.69, 9.17) is 0 Å². The van der Waals surface area contributed by atoms with Crippen LogP contribution in [0.25, 0.3) is 0 Å². The highest BCUT2D eigenvalue weighted by atomic mass is 32.1. The van der Waals surface area contributed by atoms with Crippen LogP contribution in [0, 0.1) is 5.92 Å². The topological polar surface area (TPSA) is 32.3 Å². The van der Waals surface area contributed by atoms with E-state index in [9.17, 15) is 5.11 Å². The fourth-order valence-electron chi connectivity index (χ4n) is 2.05. The van der Waals surface area contributed by atoms with Gasteiger partial charge in [-0.3, -0.25) is 0 Å². The summed E-state index contributed by atoms with van der Waals surface area (Å²) in [5.41, 5.74) is 1.28. The summed E-state index contributed by atoms with van der Waals surface area (Å²) >= 11 is 1.70. The van der Waals surface area contributed by atoms with Gasteiger partial charge in [0.25, 0.3) is 0 Å². The van der Waals surface area contributed by atoms with Gasteiger partial charge in [0.1, 0.15) is 0 Å². The van der Waals surface area contributed by atoms with Crippen molar-refractivity contribution < 1.29 is 5.11 Å². The molecule has 14 heavy (non-hydrogen) atoms. The number of hydrogen-bond donors (Lipinski definition) is 2. The summed E-state index contributed by atoms with van der Waals surface area (Å²) in [6.07, 6.45) is 2.91. The van der Waals surface area contributed by atoms with Crippen LogP contribution in [-0.2, 0) is 6.42 Å². The summed E-state index contributed by atoms with van der Waals surface area (Å²) in [5.74, 6) is 0.496. The van der Waals surface area contributed by atoms with Crippen molar-refractivity contribution in [2.24, 2.45) is 5.92 Å². The minimum absolute atomic E-state index is 0.147. The number of hydrogen-bond acceptors (Lipinski definition) is 3. The molecule has 0 amide bonds. The van der Waals surface area contributed by atoms with Crippen LogP contribution >= 0.6 is 11.3 Å². The van der Waals surface area contributed by atoms with Crippen molar-refractivity contribution in [2.45, 2.75) is 25.4 Å². The molecule has 1 aliphatic heterocycles. The molecule has 2 rings (SSSR count). The van der Waals surface area contributed by atoms with Gasteiger partial charge in [-0.25, -0.2) is 0 Å². The number of nitrogens with one attached hydrogen (secondary N) is 1. The number of aliphatic hydroxyl groups is 1. The third-order valence-corrected chi connectivity index (χ3v) is 3.68. The Morgan fingerprint density at radius 3 is 2.93 bits per heavy atom. The van der Waals surface area contributed by atoms with Gasteiger partial charge >= 0.3 is 0 Å². The second-order valence-corrected chi connectivity index (χ2v) is 4.77. The Labute approximate surface area is 89.0 Å². The van der Waals surface area contributed by atoms with Crippen LogP contribution < -0.4 is 5.32 Å². The van der Waals surface area contributed by atoms with Gasteiger partial charge in [0.15, 0.2) is 0 Å². The largest absolute Gasteiger partial charge is 0.392 e. The zero-order valence-corrected chi connectivity index (χ0v) is 9.09. The molecule has 0 spiro atoms. The number of rotatable bonds is 3. The summed E-state index contributed by atoms with van der Waals surface area (Å²) < 4.78 is 0. The molecular formula is C11H17NOS. The Balaban J connectivity index is 1.85. The standard InChI is InChI=1S/C11H17NOS/c13-11(7-9-3-6-14-8-9)10-1-4-12-5-2-10/h3,6,8,10-13H,1-2,4-5,7H2. The summed E-state index contributed by atoms with van der Waals surface area (Å²) in [5, 5.41) is 17.5. The van der Waals surface area contributed by atoms with Crippen molar-refractivity contribution >= 4 is 11.3 Å². The smallest absolute Gasteiger partial charge is 0.0609 e. The van der Waals surface area contributed by atoms with E-state index in [-0.39, 0.29) is 6.10 Å². The van der Waals surface area contributed by atoms with Crippen molar-refractivity contribution in [1.82, 2.24) is 5.32 Å². The molecule has 0 aliphatic carbocycles. The Hall–Kier alpha value is -0.380. The lowest BCUT2D eigenvalue weighted by Gasteiger charge is -2.27. The SMILES string of the molecule is OC(Cc1ccsc1)C1CCNCC1. The van der Waals surface area contributed by atoms with E-state index in [2.05, 4.69) is 22.1 Å². The third-order valence-electron chi connectivity index (χ3n) is 2.95. The Morgan fingerprint density at radius 2 is 2.29 bits per heavy atom.